The van der Waals surface area contributed by atoms with Crippen molar-refractivity contribution in [2.75, 3.05) is 38.2 Å². The monoisotopic (exact) mass is 364 g/mol. The molecule has 1 aliphatic heterocycles. The van der Waals surface area contributed by atoms with Gasteiger partial charge in [-0.2, -0.15) is 0 Å². The van der Waals surface area contributed by atoms with E-state index >= 15 is 0 Å². The third-order valence-corrected chi connectivity index (χ3v) is 4.53. The SMILES string of the molecule is COc1cccc(C(=O)N2CCN(c3cc(Cl)cc(Cl)c3)CC2)c1. The largest absolute Gasteiger partial charge is 0.497 e. The molecule has 1 heterocycles. The van der Waals surface area contributed by atoms with E-state index in [-0.39, 0.29) is 5.91 Å². The van der Waals surface area contributed by atoms with Crippen molar-refractivity contribution >= 4 is 34.8 Å². The Morgan fingerprint density at radius 2 is 1.67 bits per heavy atom. The van der Waals surface area contributed by atoms with E-state index in [4.69, 9.17) is 27.9 Å². The lowest BCUT2D eigenvalue weighted by Crippen LogP contribution is -2.48. The van der Waals surface area contributed by atoms with E-state index in [1.165, 1.54) is 0 Å². The highest BCUT2D eigenvalue weighted by Crippen LogP contribution is 2.26. The minimum atomic E-state index is 0.0256. The number of piperazine rings is 1. The summed E-state index contributed by atoms with van der Waals surface area (Å²) in [4.78, 5) is 16.7. The lowest BCUT2D eigenvalue weighted by molar-refractivity contribution is 0.0746. The average molecular weight is 365 g/mol. The zero-order valence-corrected chi connectivity index (χ0v) is 14.8. The third kappa shape index (κ3) is 3.77. The molecule has 2 aromatic rings. The first-order valence-electron chi connectivity index (χ1n) is 7.71. The van der Waals surface area contributed by atoms with E-state index in [9.17, 15) is 4.79 Å². The van der Waals surface area contributed by atoms with Gasteiger partial charge in [-0.1, -0.05) is 29.3 Å². The van der Waals surface area contributed by atoms with Crippen molar-refractivity contribution in [3.63, 3.8) is 0 Å². The molecule has 4 nitrogen and oxygen atoms in total. The molecule has 0 radical (unpaired) electrons. The fraction of sp³-hybridized carbons (Fsp3) is 0.278. The molecule has 6 heteroatoms. The number of amides is 1. The van der Waals surface area contributed by atoms with Crippen molar-refractivity contribution in [2.45, 2.75) is 0 Å². The lowest BCUT2D eigenvalue weighted by atomic mass is 10.1. The first-order chi connectivity index (χ1) is 11.6. The summed E-state index contributed by atoms with van der Waals surface area (Å²) < 4.78 is 5.19. The van der Waals surface area contributed by atoms with Gasteiger partial charge in [0.2, 0.25) is 0 Å². The van der Waals surface area contributed by atoms with Crippen LogP contribution in [0.25, 0.3) is 0 Å². The number of carbonyl (C=O) groups excluding carboxylic acids is 1. The smallest absolute Gasteiger partial charge is 0.254 e. The van der Waals surface area contributed by atoms with Crippen molar-refractivity contribution in [3.8, 4) is 5.75 Å². The highest BCUT2D eigenvalue weighted by atomic mass is 35.5. The quantitative estimate of drug-likeness (QED) is 0.825. The molecule has 3 rings (SSSR count). The summed E-state index contributed by atoms with van der Waals surface area (Å²) in [6, 6.07) is 12.8. The maximum Gasteiger partial charge on any atom is 0.254 e. The standard InChI is InChI=1S/C18H18Cl2N2O2/c1-24-17-4-2-3-13(9-17)18(23)22-7-5-21(6-8-22)16-11-14(19)10-15(20)12-16/h2-4,9-12H,5-8H2,1H3. The van der Waals surface area contributed by atoms with Crippen LogP contribution in [0.2, 0.25) is 10.0 Å². The normalized spacial score (nSPS) is 14.6. The Balaban J connectivity index is 1.67. The number of benzene rings is 2. The van der Waals surface area contributed by atoms with Gasteiger partial charge in [0.25, 0.3) is 5.91 Å². The van der Waals surface area contributed by atoms with Gasteiger partial charge in [0, 0.05) is 47.5 Å². The molecule has 1 fully saturated rings. The molecule has 0 N–H and O–H groups in total. The van der Waals surface area contributed by atoms with Crippen LogP contribution in [0.4, 0.5) is 5.69 Å². The number of carbonyl (C=O) groups is 1. The Morgan fingerprint density at radius 3 is 2.29 bits per heavy atom. The van der Waals surface area contributed by atoms with Crippen LogP contribution in [0.1, 0.15) is 10.4 Å². The number of ether oxygens (including phenoxy) is 1. The molecule has 1 aliphatic rings. The number of hydrogen-bond acceptors (Lipinski definition) is 3. The molecule has 0 saturated carbocycles. The van der Waals surface area contributed by atoms with Crippen LogP contribution in [0.15, 0.2) is 42.5 Å². The first kappa shape index (κ1) is 16.9. The van der Waals surface area contributed by atoms with E-state index < -0.39 is 0 Å². The Kier molecular flexibility index (Phi) is 5.17. The summed E-state index contributed by atoms with van der Waals surface area (Å²) in [6.45, 7) is 2.79. The van der Waals surface area contributed by atoms with Gasteiger partial charge < -0.3 is 14.5 Å². The van der Waals surface area contributed by atoms with E-state index in [1.54, 1.807) is 19.2 Å². The number of nitrogens with zero attached hydrogens (tertiary/aromatic N) is 2. The summed E-state index contributed by atoms with van der Waals surface area (Å²) in [5.74, 6) is 0.714. The van der Waals surface area contributed by atoms with Crippen LogP contribution in [0, 0.1) is 0 Å². The molecule has 0 spiro atoms. The molecule has 0 aromatic heterocycles. The highest BCUT2D eigenvalue weighted by Gasteiger charge is 2.23. The maximum absolute atomic E-state index is 12.6. The van der Waals surface area contributed by atoms with Crippen molar-refractivity contribution in [1.82, 2.24) is 4.90 Å². The Bertz CT molecular complexity index is 723. The summed E-state index contributed by atoms with van der Waals surface area (Å²) in [7, 11) is 1.60. The third-order valence-electron chi connectivity index (χ3n) is 4.10. The molecule has 0 bridgehead atoms. The topological polar surface area (TPSA) is 32.8 Å². The summed E-state index contributed by atoms with van der Waals surface area (Å²) in [6.07, 6.45) is 0. The Morgan fingerprint density at radius 1 is 1.00 bits per heavy atom. The first-order valence-corrected chi connectivity index (χ1v) is 8.47. The summed E-state index contributed by atoms with van der Waals surface area (Å²) >= 11 is 12.1. The minimum absolute atomic E-state index is 0.0256. The van der Waals surface area contributed by atoms with Gasteiger partial charge in [0.05, 0.1) is 7.11 Å². The summed E-state index contributed by atoms with van der Waals surface area (Å²) in [5.41, 5.74) is 1.63. The second-order valence-electron chi connectivity index (χ2n) is 5.64. The molecular formula is C18H18Cl2N2O2. The van der Waals surface area contributed by atoms with Gasteiger partial charge in [0.15, 0.2) is 0 Å². The van der Waals surface area contributed by atoms with Gasteiger partial charge in [-0.05, 0) is 36.4 Å². The minimum Gasteiger partial charge on any atom is -0.497 e. The van der Waals surface area contributed by atoms with E-state index in [1.807, 2.05) is 35.2 Å². The van der Waals surface area contributed by atoms with Crippen LogP contribution in [0.3, 0.4) is 0 Å². The summed E-state index contributed by atoms with van der Waals surface area (Å²) in [5, 5.41) is 1.24. The fourth-order valence-corrected chi connectivity index (χ4v) is 3.34. The van der Waals surface area contributed by atoms with E-state index in [0.29, 0.717) is 34.4 Å². The van der Waals surface area contributed by atoms with Gasteiger partial charge in [-0.15, -0.1) is 0 Å². The number of anilines is 1. The van der Waals surface area contributed by atoms with E-state index in [0.717, 1.165) is 18.8 Å². The molecule has 126 valence electrons. The predicted molar refractivity (Wildman–Crippen MR) is 97.6 cm³/mol. The molecule has 1 amide bonds. The van der Waals surface area contributed by atoms with Crippen LogP contribution in [0.5, 0.6) is 5.75 Å². The second kappa shape index (κ2) is 7.32. The molecular weight excluding hydrogens is 347 g/mol. The number of halogens is 2. The second-order valence-corrected chi connectivity index (χ2v) is 6.51. The van der Waals surface area contributed by atoms with Crippen LogP contribution in [-0.4, -0.2) is 44.1 Å². The lowest BCUT2D eigenvalue weighted by Gasteiger charge is -2.36. The molecule has 24 heavy (non-hydrogen) atoms. The Hall–Kier alpha value is -1.91. The van der Waals surface area contributed by atoms with Crippen molar-refractivity contribution < 1.29 is 9.53 Å². The number of methoxy groups -OCH3 is 1. The molecule has 1 saturated heterocycles. The van der Waals surface area contributed by atoms with Crippen LogP contribution >= 0.6 is 23.2 Å². The van der Waals surface area contributed by atoms with Crippen molar-refractivity contribution in [2.24, 2.45) is 0 Å². The predicted octanol–water partition coefficient (Wildman–Crippen LogP) is 3.96. The van der Waals surface area contributed by atoms with Crippen LogP contribution in [-0.2, 0) is 0 Å². The van der Waals surface area contributed by atoms with Gasteiger partial charge in [-0.25, -0.2) is 0 Å². The average Bonchev–Trinajstić information content (AvgIpc) is 2.60. The molecule has 2 aromatic carbocycles. The maximum atomic E-state index is 12.6. The van der Waals surface area contributed by atoms with Gasteiger partial charge in [0.1, 0.15) is 5.75 Å². The van der Waals surface area contributed by atoms with Crippen molar-refractivity contribution in [3.05, 3.63) is 58.1 Å². The zero-order chi connectivity index (χ0) is 17.1. The van der Waals surface area contributed by atoms with Crippen molar-refractivity contribution in [1.29, 1.82) is 0 Å². The number of rotatable bonds is 3. The molecule has 0 aliphatic carbocycles. The Labute approximate surface area is 151 Å². The van der Waals surface area contributed by atoms with Crippen LogP contribution < -0.4 is 9.64 Å². The highest BCUT2D eigenvalue weighted by molar-refractivity contribution is 6.35. The van der Waals surface area contributed by atoms with E-state index in [2.05, 4.69) is 4.90 Å². The van der Waals surface area contributed by atoms with Gasteiger partial charge in [-0.3, -0.25) is 4.79 Å². The molecule has 0 atom stereocenters. The molecule has 0 unspecified atom stereocenters. The zero-order valence-electron chi connectivity index (χ0n) is 13.3. The van der Waals surface area contributed by atoms with Gasteiger partial charge >= 0.3 is 0 Å². The fourth-order valence-electron chi connectivity index (χ4n) is 2.83. The number of hydrogen-bond donors (Lipinski definition) is 0.